The van der Waals surface area contributed by atoms with Crippen molar-refractivity contribution in [3.63, 3.8) is 0 Å². The van der Waals surface area contributed by atoms with Crippen molar-refractivity contribution in [3.05, 3.63) is 24.2 Å². The van der Waals surface area contributed by atoms with Gasteiger partial charge < -0.3 is 10.6 Å². The molecule has 2 rings (SSSR count). The van der Waals surface area contributed by atoms with Crippen LogP contribution in [-0.4, -0.2) is 34.2 Å². The smallest absolute Gasteiger partial charge is 0.154 e. The summed E-state index contributed by atoms with van der Waals surface area (Å²) in [5, 5.41) is 4.43. The lowest BCUT2D eigenvalue weighted by Crippen LogP contribution is -2.39. The Morgan fingerprint density at radius 1 is 1.42 bits per heavy atom. The van der Waals surface area contributed by atoms with Gasteiger partial charge in [0.2, 0.25) is 0 Å². The first-order valence-electron chi connectivity index (χ1n) is 6.73. The van der Waals surface area contributed by atoms with E-state index in [4.69, 9.17) is 5.73 Å². The van der Waals surface area contributed by atoms with E-state index in [0.29, 0.717) is 6.54 Å². The molecule has 2 N–H and O–H groups in total. The lowest BCUT2D eigenvalue weighted by molar-refractivity contribution is 0.379. The highest BCUT2D eigenvalue weighted by Gasteiger charge is 2.22. The molecule has 0 aromatic carbocycles. The van der Waals surface area contributed by atoms with Crippen LogP contribution < -0.4 is 10.6 Å². The fraction of sp³-hybridized carbons (Fsp3) is 0.571. The van der Waals surface area contributed by atoms with Crippen LogP contribution in [0.2, 0.25) is 0 Å². The Morgan fingerprint density at radius 2 is 2.16 bits per heavy atom. The van der Waals surface area contributed by atoms with Crippen LogP contribution in [0.3, 0.4) is 0 Å². The van der Waals surface area contributed by atoms with Crippen LogP contribution in [0.4, 0.5) is 5.82 Å². The van der Waals surface area contributed by atoms with E-state index in [1.54, 1.807) is 6.20 Å². The molecule has 0 aliphatic heterocycles. The molecule has 5 nitrogen and oxygen atoms in total. The maximum Gasteiger partial charge on any atom is 0.154 e. The van der Waals surface area contributed by atoms with Crippen molar-refractivity contribution in [2.45, 2.75) is 27.7 Å². The van der Waals surface area contributed by atoms with Gasteiger partial charge in [0, 0.05) is 25.5 Å². The van der Waals surface area contributed by atoms with Crippen molar-refractivity contribution in [1.29, 1.82) is 0 Å². The summed E-state index contributed by atoms with van der Waals surface area (Å²) < 4.78 is 1.88. The molecule has 0 bridgehead atoms. The molecule has 19 heavy (non-hydrogen) atoms. The van der Waals surface area contributed by atoms with Crippen LogP contribution in [0.1, 0.15) is 26.5 Å². The quantitative estimate of drug-likeness (QED) is 0.892. The molecule has 104 valence electrons. The zero-order chi connectivity index (χ0) is 14.0. The summed E-state index contributed by atoms with van der Waals surface area (Å²) in [5.74, 6) is 0.979. The first-order chi connectivity index (χ1) is 8.96. The summed E-state index contributed by atoms with van der Waals surface area (Å²) in [6.07, 6.45) is 3.68. The number of aromatic nitrogens is 3. The maximum absolute atomic E-state index is 5.84. The van der Waals surface area contributed by atoms with Gasteiger partial charge in [-0.15, -0.1) is 0 Å². The van der Waals surface area contributed by atoms with Crippen LogP contribution in [0.5, 0.6) is 0 Å². The normalized spacial score (nSPS) is 12.1. The highest BCUT2D eigenvalue weighted by molar-refractivity contribution is 5.69. The lowest BCUT2D eigenvalue weighted by atomic mass is 9.93. The van der Waals surface area contributed by atoms with E-state index in [-0.39, 0.29) is 5.41 Å². The Bertz CT molecular complexity index is 558. The monoisotopic (exact) mass is 261 g/mol. The van der Waals surface area contributed by atoms with Gasteiger partial charge in [-0.05, 0) is 31.9 Å². The number of aryl methyl sites for hydroxylation is 1. The Morgan fingerprint density at radius 3 is 2.79 bits per heavy atom. The number of hydrogen-bond donors (Lipinski definition) is 1. The standard InChI is InChI=1S/C14H23N5/c1-5-18(10-14(3,4)9-15)13-12-8-11(2)17-19(12)7-6-16-13/h6-8H,5,9-10,15H2,1-4H3. The van der Waals surface area contributed by atoms with Crippen LogP contribution in [0.25, 0.3) is 5.52 Å². The van der Waals surface area contributed by atoms with Crippen LogP contribution in [-0.2, 0) is 0 Å². The number of anilines is 1. The minimum Gasteiger partial charge on any atom is -0.355 e. The SMILES string of the molecule is CCN(CC(C)(C)CN)c1nccn2nc(C)cc12. The molecule has 2 heterocycles. The number of nitrogens with zero attached hydrogens (tertiary/aromatic N) is 4. The zero-order valence-electron chi connectivity index (χ0n) is 12.2. The minimum absolute atomic E-state index is 0.0690. The van der Waals surface area contributed by atoms with E-state index in [0.717, 1.165) is 30.1 Å². The molecule has 0 amide bonds. The number of rotatable bonds is 5. The van der Waals surface area contributed by atoms with E-state index in [2.05, 4.69) is 41.8 Å². The first-order valence-corrected chi connectivity index (χ1v) is 6.73. The predicted molar refractivity (Wildman–Crippen MR) is 78.4 cm³/mol. The van der Waals surface area contributed by atoms with Gasteiger partial charge in [0.25, 0.3) is 0 Å². The molecular formula is C14H23N5. The molecule has 0 aliphatic rings. The second-order valence-electron chi connectivity index (χ2n) is 5.75. The molecule has 0 spiro atoms. The Balaban J connectivity index is 2.40. The van der Waals surface area contributed by atoms with Crippen LogP contribution >= 0.6 is 0 Å². The molecule has 2 aromatic rings. The lowest BCUT2D eigenvalue weighted by Gasteiger charge is -2.32. The second-order valence-corrected chi connectivity index (χ2v) is 5.75. The third-order valence-corrected chi connectivity index (χ3v) is 3.34. The molecule has 0 unspecified atom stereocenters. The van der Waals surface area contributed by atoms with Gasteiger partial charge in [0.1, 0.15) is 5.52 Å². The summed E-state index contributed by atoms with van der Waals surface area (Å²) in [6.45, 7) is 10.9. The summed E-state index contributed by atoms with van der Waals surface area (Å²) in [5.41, 5.74) is 7.96. The maximum atomic E-state index is 5.84. The highest BCUT2D eigenvalue weighted by atomic mass is 15.3. The van der Waals surface area contributed by atoms with Crippen molar-refractivity contribution >= 4 is 11.3 Å². The summed E-state index contributed by atoms with van der Waals surface area (Å²) in [4.78, 5) is 6.80. The average molecular weight is 261 g/mol. The summed E-state index contributed by atoms with van der Waals surface area (Å²) in [7, 11) is 0. The van der Waals surface area contributed by atoms with E-state index in [1.807, 2.05) is 17.6 Å². The van der Waals surface area contributed by atoms with Gasteiger partial charge in [-0.3, -0.25) is 0 Å². The van der Waals surface area contributed by atoms with Gasteiger partial charge in [-0.25, -0.2) is 9.50 Å². The topological polar surface area (TPSA) is 59.5 Å². The van der Waals surface area contributed by atoms with E-state index < -0.39 is 0 Å². The second kappa shape index (κ2) is 5.17. The van der Waals surface area contributed by atoms with E-state index in [1.165, 1.54) is 0 Å². The molecule has 2 aromatic heterocycles. The third kappa shape index (κ3) is 2.87. The summed E-state index contributed by atoms with van der Waals surface area (Å²) in [6, 6.07) is 2.07. The third-order valence-electron chi connectivity index (χ3n) is 3.34. The average Bonchev–Trinajstić information content (AvgIpc) is 2.76. The van der Waals surface area contributed by atoms with Crippen molar-refractivity contribution in [2.24, 2.45) is 11.1 Å². The molecule has 0 aliphatic carbocycles. The Kier molecular flexibility index (Phi) is 3.75. The van der Waals surface area contributed by atoms with E-state index in [9.17, 15) is 0 Å². The molecule has 0 fully saturated rings. The van der Waals surface area contributed by atoms with Gasteiger partial charge in [-0.1, -0.05) is 13.8 Å². The van der Waals surface area contributed by atoms with Crippen LogP contribution in [0, 0.1) is 12.3 Å². The Labute approximate surface area is 114 Å². The number of nitrogens with two attached hydrogens (primary N) is 1. The molecule has 0 atom stereocenters. The van der Waals surface area contributed by atoms with E-state index >= 15 is 0 Å². The Hall–Kier alpha value is -1.62. The highest BCUT2D eigenvalue weighted by Crippen LogP contribution is 2.23. The summed E-state index contributed by atoms with van der Waals surface area (Å²) >= 11 is 0. The first kappa shape index (κ1) is 13.8. The number of hydrogen-bond acceptors (Lipinski definition) is 4. The van der Waals surface area contributed by atoms with Crippen molar-refractivity contribution < 1.29 is 0 Å². The zero-order valence-corrected chi connectivity index (χ0v) is 12.2. The van der Waals surface area contributed by atoms with Gasteiger partial charge >= 0.3 is 0 Å². The predicted octanol–water partition coefficient (Wildman–Crippen LogP) is 1.85. The van der Waals surface area contributed by atoms with Gasteiger partial charge in [0.05, 0.1) is 5.69 Å². The van der Waals surface area contributed by atoms with Crippen molar-refractivity contribution in [2.75, 3.05) is 24.5 Å². The molecular weight excluding hydrogens is 238 g/mol. The number of fused-ring (bicyclic) bond motifs is 1. The minimum atomic E-state index is 0.0690. The van der Waals surface area contributed by atoms with Gasteiger partial charge in [0.15, 0.2) is 5.82 Å². The molecule has 0 saturated carbocycles. The largest absolute Gasteiger partial charge is 0.355 e. The van der Waals surface area contributed by atoms with Gasteiger partial charge in [-0.2, -0.15) is 5.10 Å². The molecule has 0 radical (unpaired) electrons. The van der Waals surface area contributed by atoms with Crippen LogP contribution in [0.15, 0.2) is 18.5 Å². The van der Waals surface area contributed by atoms with Crippen molar-refractivity contribution in [1.82, 2.24) is 14.6 Å². The van der Waals surface area contributed by atoms with Crippen molar-refractivity contribution in [3.8, 4) is 0 Å². The fourth-order valence-corrected chi connectivity index (χ4v) is 2.19. The molecule has 5 heteroatoms. The molecule has 0 saturated heterocycles. The fourth-order valence-electron chi connectivity index (χ4n) is 2.19.